The highest BCUT2D eigenvalue weighted by Gasteiger charge is 2.71. The molecule has 158 valence electrons. The Morgan fingerprint density at radius 1 is 1.17 bits per heavy atom. The first-order chi connectivity index (χ1) is 14.2. The number of hydrogen-bond donors (Lipinski definition) is 1. The molecule has 7 heteroatoms. The van der Waals surface area contributed by atoms with Crippen molar-refractivity contribution < 1.29 is 18.8 Å². The molecule has 2 unspecified atom stereocenters. The van der Waals surface area contributed by atoms with E-state index in [0.29, 0.717) is 24.3 Å². The molecular weight excluding hydrogens is 448 g/mol. The fraction of sp³-hybridized carbons (Fsp3) is 0.435. The molecule has 2 fully saturated rings. The summed E-state index contributed by atoms with van der Waals surface area (Å²) in [7, 11) is 0. The standard InChI is InChI=1S/C23H25BrN2O4/c1-21(2)22(3)10-11-23(21,20(28)25-14-17-5-4-12-29-17)13-18(22)26-30-19(27)15-6-8-16(24)9-7-15/h4-9,12H,10-11,13-14H2,1-3H3,(H,25,28)/b26-18+. The fourth-order valence-electron chi connectivity index (χ4n) is 5.01. The molecule has 1 amide bonds. The second-order valence-corrected chi connectivity index (χ2v) is 9.82. The van der Waals surface area contributed by atoms with Crippen molar-refractivity contribution in [2.45, 2.75) is 46.6 Å². The lowest BCUT2D eigenvalue weighted by Gasteiger charge is -2.39. The largest absolute Gasteiger partial charge is 0.467 e. The van der Waals surface area contributed by atoms with E-state index in [2.05, 4.69) is 47.2 Å². The minimum Gasteiger partial charge on any atom is -0.467 e. The summed E-state index contributed by atoms with van der Waals surface area (Å²) in [6.45, 7) is 6.70. The number of amides is 1. The van der Waals surface area contributed by atoms with Crippen molar-refractivity contribution in [2.75, 3.05) is 0 Å². The van der Waals surface area contributed by atoms with E-state index in [1.54, 1.807) is 36.6 Å². The Morgan fingerprint density at radius 2 is 1.90 bits per heavy atom. The molecule has 2 atom stereocenters. The lowest BCUT2D eigenvalue weighted by Crippen LogP contribution is -2.46. The van der Waals surface area contributed by atoms with Crippen molar-refractivity contribution in [3.05, 3.63) is 58.5 Å². The Morgan fingerprint density at radius 3 is 2.57 bits per heavy atom. The Hall–Kier alpha value is -2.41. The molecule has 4 rings (SSSR count). The SMILES string of the molecule is CC12CCC(C(=O)NCc3ccco3)(C/C1=N\OC(=O)c1ccc(Br)cc1)C2(C)C. The molecule has 1 aromatic carbocycles. The van der Waals surface area contributed by atoms with Crippen LogP contribution < -0.4 is 5.32 Å². The highest BCUT2D eigenvalue weighted by atomic mass is 79.9. The van der Waals surface area contributed by atoms with Crippen LogP contribution >= 0.6 is 15.9 Å². The molecule has 0 radical (unpaired) electrons. The predicted octanol–water partition coefficient (Wildman–Crippen LogP) is 5.09. The Labute approximate surface area is 184 Å². The summed E-state index contributed by atoms with van der Waals surface area (Å²) in [6.07, 6.45) is 3.67. The van der Waals surface area contributed by atoms with Gasteiger partial charge in [-0.15, -0.1) is 0 Å². The number of hydrogen-bond acceptors (Lipinski definition) is 5. The zero-order valence-corrected chi connectivity index (χ0v) is 18.9. The van der Waals surface area contributed by atoms with Gasteiger partial charge in [0, 0.05) is 16.3 Å². The van der Waals surface area contributed by atoms with Gasteiger partial charge in [0.25, 0.3) is 0 Å². The minimum atomic E-state index is -0.586. The van der Waals surface area contributed by atoms with Gasteiger partial charge in [0.1, 0.15) is 5.76 Å². The highest BCUT2D eigenvalue weighted by molar-refractivity contribution is 9.10. The molecule has 1 aromatic heterocycles. The number of carbonyl (C=O) groups excluding carboxylic acids is 2. The summed E-state index contributed by atoms with van der Waals surface area (Å²) in [5, 5.41) is 7.30. The van der Waals surface area contributed by atoms with Crippen molar-refractivity contribution in [3.63, 3.8) is 0 Å². The van der Waals surface area contributed by atoms with Crippen molar-refractivity contribution in [2.24, 2.45) is 21.4 Å². The van der Waals surface area contributed by atoms with Crippen LogP contribution in [0.1, 0.15) is 56.2 Å². The van der Waals surface area contributed by atoms with Gasteiger partial charge in [-0.05, 0) is 54.7 Å². The maximum atomic E-state index is 13.3. The number of fused-ring (bicyclic) bond motifs is 2. The molecule has 2 saturated carbocycles. The maximum absolute atomic E-state index is 13.3. The molecule has 1 N–H and O–H groups in total. The molecular formula is C23H25BrN2O4. The van der Waals surface area contributed by atoms with Gasteiger partial charge in [-0.25, -0.2) is 4.79 Å². The van der Waals surface area contributed by atoms with Crippen molar-refractivity contribution in [3.8, 4) is 0 Å². The lowest BCUT2D eigenvalue weighted by molar-refractivity contribution is -0.136. The summed E-state index contributed by atoms with van der Waals surface area (Å²) in [5.74, 6) is 0.209. The van der Waals surface area contributed by atoms with Crippen LogP contribution in [0.5, 0.6) is 0 Å². The van der Waals surface area contributed by atoms with Gasteiger partial charge in [-0.2, -0.15) is 0 Å². The van der Waals surface area contributed by atoms with Crippen molar-refractivity contribution >= 4 is 33.5 Å². The summed E-state index contributed by atoms with van der Waals surface area (Å²) in [5.41, 5.74) is -0.0131. The molecule has 0 saturated heterocycles. The number of benzene rings is 1. The van der Waals surface area contributed by atoms with Crippen LogP contribution in [0.4, 0.5) is 0 Å². The van der Waals surface area contributed by atoms with E-state index in [1.165, 1.54) is 0 Å². The van der Waals surface area contributed by atoms with Crippen LogP contribution in [0.3, 0.4) is 0 Å². The zero-order valence-electron chi connectivity index (χ0n) is 17.3. The van der Waals surface area contributed by atoms with Gasteiger partial charge in [0.2, 0.25) is 5.91 Å². The second-order valence-electron chi connectivity index (χ2n) is 8.90. The molecule has 0 spiro atoms. The number of halogens is 1. The summed E-state index contributed by atoms with van der Waals surface area (Å²) in [6, 6.07) is 10.6. The highest BCUT2D eigenvalue weighted by Crippen LogP contribution is 2.71. The first-order valence-corrected chi connectivity index (χ1v) is 10.8. The third-order valence-corrected chi connectivity index (χ3v) is 8.02. The third kappa shape index (κ3) is 3.11. The Balaban J connectivity index is 1.53. The van der Waals surface area contributed by atoms with Gasteiger partial charge >= 0.3 is 5.97 Å². The smallest absolute Gasteiger partial charge is 0.365 e. The number of oxime groups is 1. The van der Waals surface area contributed by atoms with Gasteiger partial charge in [0.15, 0.2) is 0 Å². The number of furan rings is 1. The van der Waals surface area contributed by atoms with Crippen LogP contribution in [-0.2, 0) is 16.2 Å². The molecule has 2 aliphatic rings. The molecule has 30 heavy (non-hydrogen) atoms. The number of carbonyl (C=O) groups is 2. The van der Waals surface area contributed by atoms with Crippen LogP contribution in [0.2, 0.25) is 0 Å². The first-order valence-electron chi connectivity index (χ1n) is 10.0. The fourth-order valence-corrected chi connectivity index (χ4v) is 5.27. The topological polar surface area (TPSA) is 80.9 Å². The number of nitrogens with one attached hydrogen (secondary N) is 1. The van der Waals surface area contributed by atoms with E-state index < -0.39 is 11.4 Å². The van der Waals surface area contributed by atoms with Crippen LogP contribution in [0, 0.1) is 16.2 Å². The Bertz CT molecular complexity index is 997. The Kier molecular flexibility index (Phi) is 5.12. The van der Waals surface area contributed by atoms with Crippen LogP contribution in [0.15, 0.2) is 56.7 Å². The van der Waals surface area contributed by atoms with Gasteiger partial charge in [-0.3, -0.25) is 4.79 Å². The van der Waals surface area contributed by atoms with Crippen LogP contribution in [0.25, 0.3) is 0 Å². The average Bonchev–Trinajstić information content (AvgIpc) is 3.35. The van der Waals surface area contributed by atoms with Crippen LogP contribution in [-0.4, -0.2) is 17.6 Å². The van der Waals surface area contributed by atoms with Gasteiger partial charge < -0.3 is 14.6 Å². The molecule has 6 nitrogen and oxygen atoms in total. The second kappa shape index (κ2) is 7.38. The molecule has 1 heterocycles. The molecule has 2 aliphatic carbocycles. The maximum Gasteiger partial charge on any atom is 0.365 e. The number of nitrogens with zero attached hydrogens (tertiary/aromatic N) is 1. The van der Waals surface area contributed by atoms with E-state index in [9.17, 15) is 9.59 Å². The van der Waals surface area contributed by atoms with E-state index in [0.717, 1.165) is 23.0 Å². The van der Waals surface area contributed by atoms with E-state index in [4.69, 9.17) is 9.25 Å². The molecule has 2 bridgehead atoms. The van der Waals surface area contributed by atoms with Crippen molar-refractivity contribution in [1.82, 2.24) is 5.32 Å². The normalized spacial score (nSPS) is 27.9. The summed E-state index contributed by atoms with van der Waals surface area (Å²) < 4.78 is 6.22. The quantitative estimate of drug-likeness (QED) is 0.485. The lowest BCUT2D eigenvalue weighted by atomic mass is 9.64. The minimum absolute atomic E-state index is 0.00272. The number of rotatable bonds is 5. The predicted molar refractivity (Wildman–Crippen MR) is 116 cm³/mol. The van der Waals surface area contributed by atoms with Gasteiger partial charge in [0.05, 0.1) is 29.5 Å². The monoisotopic (exact) mass is 472 g/mol. The van der Waals surface area contributed by atoms with E-state index in [1.807, 2.05) is 6.07 Å². The van der Waals surface area contributed by atoms with Crippen molar-refractivity contribution in [1.29, 1.82) is 0 Å². The summed E-state index contributed by atoms with van der Waals surface area (Å²) in [4.78, 5) is 31.0. The summed E-state index contributed by atoms with van der Waals surface area (Å²) >= 11 is 3.35. The third-order valence-electron chi connectivity index (χ3n) is 7.49. The van der Waals surface area contributed by atoms with Gasteiger partial charge in [-0.1, -0.05) is 41.9 Å². The van der Waals surface area contributed by atoms with E-state index in [-0.39, 0.29) is 16.7 Å². The first kappa shape index (κ1) is 20.8. The molecule has 0 aliphatic heterocycles. The zero-order chi connectivity index (χ0) is 21.6. The van der Waals surface area contributed by atoms with E-state index >= 15 is 0 Å². The molecule has 2 aromatic rings. The average molecular weight is 473 g/mol.